The first-order valence-electron chi connectivity index (χ1n) is 17.8. The average molecular weight is 671 g/mol. The van der Waals surface area contributed by atoms with Gasteiger partial charge in [0.2, 0.25) is 11.8 Å². The third kappa shape index (κ3) is 8.76. The number of anilines is 1. The maximum absolute atomic E-state index is 13.9. The summed E-state index contributed by atoms with van der Waals surface area (Å²) in [6.07, 6.45) is 6.82. The molecule has 7 nitrogen and oxygen atoms in total. The Bertz CT molecular complexity index is 1460. The highest BCUT2D eigenvalue weighted by molar-refractivity contribution is 6.91. The summed E-state index contributed by atoms with van der Waals surface area (Å²) >= 11 is 0. The topological polar surface area (TPSA) is 79.3 Å². The van der Waals surface area contributed by atoms with Crippen molar-refractivity contribution in [1.82, 2.24) is 4.90 Å². The van der Waals surface area contributed by atoms with Crippen molar-refractivity contribution >= 4 is 30.8 Å². The maximum atomic E-state index is 13.9. The van der Waals surface area contributed by atoms with Crippen LogP contribution in [0.3, 0.4) is 0 Å². The normalized spacial score (nSPS) is 21.9. The minimum absolute atomic E-state index is 0.0182. The zero-order valence-corrected chi connectivity index (χ0v) is 30.3. The molecule has 1 N–H and O–H groups in total. The summed E-state index contributed by atoms with van der Waals surface area (Å²) in [5, 5.41) is 11.2. The lowest BCUT2D eigenvalue weighted by Gasteiger charge is -2.36. The van der Waals surface area contributed by atoms with Crippen LogP contribution in [0.4, 0.5) is 5.69 Å². The van der Waals surface area contributed by atoms with Gasteiger partial charge in [-0.25, -0.2) is 0 Å². The molecule has 8 heteroatoms. The molecule has 0 spiro atoms. The van der Waals surface area contributed by atoms with E-state index in [-0.39, 0.29) is 42.1 Å². The number of hydrogen-bond donors (Lipinski definition) is 1. The summed E-state index contributed by atoms with van der Waals surface area (Å²) in [5.41, 5.74) is 3.50. The van der Waals surface area contributed by atoms with E-state index in [9.17, 15) is 14.7 Å². The number of nitrogens with zero attached hydrogens (tertiary/aromatic N) is 2. The Hall–Kier alpha value is -3.46. The number of aliphatic hydroxyl groups excluding tert-OH is 1. The van der Waals surface area contributed by atoms with Crippen LogP contribution in [0.1, 0.15) is 63.0 Å². The summed E-state index contributed by atoms with van der Waals surface area (Å²) in [6.45, 7) is 8.59. The molecule has 4 atom stereocenters. The van der Waals surface area contributed by atoms with Crippen molar-refractivity contribution in [2.45, 2.75) is 95.7 Å². The summed E-state index contributed by atoms with van der Waals surface area (Å²) in [5.74, 6) is 1.35. The first kappa shape index (κ1) is 35.8. The molecular weight excluding hydrogens is 617 g/mol. The van der Waals surface area contributed by atoms with Crippen molar-refractivity contribution in [1.29, 1.82) is 0 Å². The van der Waals surface area contributed by atoms with Gasteiger partial charge in [0, 0.05) is 31.7 Å². The number of methoxy groups -OCH3 is 1. The highest BCUT2D eigenvalue weighted by Crippen LogP contribution is 2.46. The molecule has 2 amide bonds. The number of ether oxygens (including phenoxy) is 2. The lowest BCUT2D eigenvalue weighted by molar-refractivity contribution is -0.135. The molecule has 0 aromatic heterocycles. The quantitative estimate of drug-likeness (QED) is 0.204. The van der Waals surface area contributed by atoms with Crippen molar-refractivity contribution in [3.8, 4) is 5.75 Å². The molecule has 0 radical (unpaired) electrons. The largest absolute Gasteiger partial charge is 0.497 e. The second-order valence-electron chi connectivity index (χ2n) is 14.2. The molecule has 2 heterocycles. The molecule has 3 aromatic rings. The predicted molar refractivity (Wildman–Crippen MR) is 195 cm³/mol. The highest BCUT2D eigenvalue weighted by Gasteiger charge is 2.51. The van der Waals surface area contributed by atoms with E-state index >= 15 is 0 Å². The molecule has 3 aromatic carbocycles. The van der Waals surface area contributed by atoms with Crippen molar-refractivity contribution in [2.75, 3.05) is 31.7 Å². The Morgan fingerprint density at radius 3 is 2.33 bits per heavy atom. The number of aryl methyl sites for hydroxylation is 1. The Balaban J connectivity index is 1.32. The van der Waals surface area contributed by atoms with Crippen molar-refractivity contribution < 1.29 is 24.2 Å². The molecule has 5 rings (SSSR count). The van der Waals surface area contributed by atoms with Crippen LogP contribution in [-0.2, 0) is 27.3 Å². The van der Waals surface area contributed by atoms with Gasteiger partial charge in [-0.1, -0.05) is 92.6 Å². The second-order valence-corrected chi connectivity index (χ2v) is 18.9. The Kier molecular flexibility index (Phi) is 12.5. The van der Waals surface area contributed by atoms with Crippen molar-refractivity contribution in [3.05, 3.63) is 90.0 Å². The SMILES string of the molecule is COc1ccc([Si](C)(C)[C@@H]2[C@@H](C)[C@@H](CCc3ccc(N4CCCCCCC4=O)cc3)O[C@H]2CC(=O)N(CCO)Cc2ccccc2)cc1. The van der Waals surface area contributed by atoms with Crippen LogP contribution >= 0.6 is 0 Å². The van der Waals surface area contributed by atoms with Gasteiger partial charge in [0.05, 0.1) is 40.4 Å². The summed E-state index contributed by atoms with van der Waals surface area (Å²) in [7, 11) is -0.444. The number of amides is 2. The van der Waals surface area contributed by atoms with E-state index in [1.165, 1.54) is 17.2 Å². The van der Waals surface area contributed by atoms with Gasteiger partial charge in [-0.3, -0.25) is 9.59 Å². The van der Waals surface area contributed by atoms with E-state index < -0.39 is 8.07 Å². The molecule has 2 fully saturated rings. The lowest BCUT2D eigenvalue weighted by Crippen LogP contribution is -2.51. The minimum atomic E-state index is -2.13. The molecule has 48 heavy (non-hydrogen) atoms. The first-order valence-corrected chi connectivity index (χ1v) is 20.9. The number of rotatable bonds is 13. The fourth-order valence-electron chi connectivity index (χ4n) is 7.95. The van der Waals surface area contributed by atoms with Gasteiger partial charge in [-0.05, 0) is 72.5 Å². The van der Waals surface area contributed by atoms with Crippen LogP contribution in [0.5, 0.6) is 5.75 Å². The van der Waals surface area contributed by atoms with E-state index in [4.69, 9.17) is 9.47 Å². The second kappa shape index (κ2) is 16.8. The Labute approximate surface area is 288 Å². The molecule has 258 valence electrons. The summed E-state index contributed by atoms with van der Waals surface area (Å²) < 4.78 is 12.4. The number of aliphatic hydroxyl groups is 1. The molecule has 0 aliphatic carbocycles. The number of benzene rings is 3. The number of carbonyl (C=O) groups excluding carboxylic acids is 2. The van der Waals surface area contributed by atoms with Crippen molar-refractivity contribution in [2.24, 2.45) is 5.92 Å². The molecule has 2 aliphatic rings. The number of hydrogen-bond acceptors (Lipinski definition) is 5. The molecule has 0 unspecified atom stereocenters. The first-order chi connectivity index (χ1) is 23.2. The van der Waals surface area contributed by atoms with Crippen LogP contribution in [0.2, 0.25) is 18.6 Å². The van der Waals surface area contributed by atoms with Crippen LogP contribution in [0.25, 0.3) is 0 Å². The highest BCUT2D eigenvalue weighted by atomic mass is 28.3. The molecular formula is C40H54N2O5Si. The molecule has 2 saturated heterocycles. The van der Waals surface area contributed by atoms with E-state index in [0.717, 1.165) is 55.6 Å². The van der Waals surface area contributed by atoms with Crippen LogP contribution in [0.15, 0.2) is 78.9 Å². The van der Waals surface area contributed by atoms with E-state index in [2.05, 4.69) is 56.4 Å². The van der Waals surface area contributed by atoms with Gasteiger partial charge in [0.1, 0.15) is 5.75 Å². The van der Waals surface area contributed by atoms with Gasteiger partial charge in [0.15, 0.2) is 0 Å². The Morgan fingerprint density at radius 2 is 1.65 bits per heavy atom. The van der Waals surface area contributed by atoms with Gasteiger partial charge in [-0.2, -0.15) is 0 Å². The summed E-state index contributed by atoms with van der Waals surface area (Å²) in [4.78, 5) is 30.4. The average Bonchev–Trinajstić information content (AvgIpc) is 3.41. The molecule has 0 saturated carbocycles. The van der Waals surface area contributed by atoms with Crippen LogP contribution in [0, 0.1) is 5.92 Å². The smallest absolute Gasteiger partial charge is 0.226 e. The predicted octanol–water partition coefficient (Wildman–Crippen LogP) is 6.73. The van der Waals surface area contributed by atoms with Crippen LogP contribution < -0.4 is 14.8 Å². The van der Waals surface area contributed by atoms with Gasteiger partial charge < -0.3 is 24.4 Å². The Morgan fingerprint density at radius 1 is 0.938 bits per heavy atom. The fraction of sp³-hybridized carbons (Fsp3) is 0.500. The monoisotopic (exact) mass is 670 g/mol. The lowest BCUT2D eigenvalue weighted by atomic mass is 9.95. The third-order valence-corrected chi connectivity index (χ3v) is 15.1. The molecule has 0 bridgehead atoms. The fourth-order valence-corrected chi connectivity index (χ4v) is 12.0. The molecule has 2 aliphatic heterocycles. The zero-order chi connectivity index (χ0) is 34.1. The maximum Gasteiger partial charge on any atom is 0.226 e. The van der Waals surface area contributed by atoms with Gasteiger partial charge in [-0.15, -0.1) is 0 Å². The third-order valence-electron chi connectivity index (χ3n) is 10.7. The van der Waals surface area contributed by atoms with E-state index in [0.29, 0.717) is 25.9 Å². The van der Waals surface area contributed by atoms with Crippen LogP contribution in [-0.4, -0.2) is 68.9 Å². The zero-order valence-electron chi connectivity index (χ0n) is 29.3. The van der Waals surface area contributed by atoms with E-state index in [1.54, 1.807) is 12.0 Å². The van der Waals surface area contributed by atoms with Crippen molar-refractivity contribution in [3.63, 3.8) is 0 Å². The van der Waals surface area contributed by atoms with Gasteiger partial charge in [0.25, 0.3) is 0 Å². The van der Waals surface area contributed by atoms with E-state index in [1.807, 2.05) is 47.4 Å². The number of carbonyl (C=O) groups is 2. The minimum Gasteiger partial charge on any atom is -0.497 e. The summed E-state index contributed by atoms with van der Waals surface area (Å²) in [6, 6.07) is 26.9. The standard InChI is InChI=1S/C40H54N2O5Si/c1-30-36(24-17-31-15-18-33(19-16-31)42-25-11-6-5-10-14-38(42)44)47-37(40(30)48(3,4)35-22-20-34(46-2)21-23-35)28-39(45)41(26-27-43)29-32-12-8-7-9-13-32/h7-9,12-13,15-16,18-23,30,36-37,40,43H,5-6,10-11,14,17,24-29H2,1-4H3/t30-,36+,37-,40+/m0/s1. The van der Waals surface area contributed by atoms with Gasteiger partial charge >= 0.3 is 0 Å².